The first-order valence-electron chi connectivity index (χ1n) is 3.37. The van der Waals surface area contributed by atoms with Crippen LogP contribution in [0.1, 0.15) is 6.42 Å². The summed E-state index contributed by atoms with van der Waals surface area (Å²) in [7, 11) is 0. The summed E-state index contributed by atoms with van der Waals surface area (Å²) in [5.41, 5.74) is 0. The Labute approximate surface area is 65.4 Å². The molecule has 0 unspecified atom stereocenters. The highest BCUT2D eigenvalue weighted by Gasteiger charge is 2.15. The van der Waals surface area contributed by atoms with E-state index in [-0.39, 0.29) is 12.2 Å². The van der Waals surface area contributed by atoms with Crippen molar-refractivity contribution < 1.29 is 9.84 Å². The van der Waals surface area contributed by atoms with E-state index in [9.17, 15) is 0 Å². The Bertz CT molecular complexity index is 125. The number of aliphatic hydroxyl groups is 1. The zero-order valence-corrected chi connectivity index (χ0v) is 6.42. The smallest absolute Gasteiger partial charge is 0.0785 e. The minimum atomic E-state index is -0.319. The second-order valence-corrected chi connectivity index (χ2v) is 2.66. The lowest BCUT2D eigenvalue weighted by Gasteiger charge is -2.08. The molecule has 0 aliphatic heterocycles. The fraction of sp³-hybridized carbons (Fsp3) is 0.714. The summed E-state index contributed by atoms with van der Waals surface area (Å²) in [6.07, 6.45) is 4.06. The van der Waals surface area contributed by atoms with E-state index < -0.39 is 0 Å². The lowest BCUT2D eigenvalue weighted by atomic mass is 10.3. The molecule has 0 saturated heterocycles. The van der Waals surface area contributed by atoms with Gasteiger partial charge in [0.25, 0.3) is 0 Å². The van der Waals surface area contributed by atoms with Crippen molar-refractivity contribution in [2.75, 3.05) is 12.5 Å². The Morgan fingerprint density at radius 3 is 2.90 bits per heavy atom. The van der Waals surface area contributed by atoms with Gasteiger partial charge in [0, 0.05) is 12.3 Å². The Morgan fingerprint density at radius 1 is 1.60 bits per heavy atom. The SMILES string of the molecule is O[C@@H]1C=C[C@@H](OCCCl)C1. The molecule has 0 aromatic rings. The molecule has 1 N–H and O–H groups in total. The molecule has 0 spiro atoms. The predicted molar refractivity (Wildman–Crippen MR) is 40.2 cm³/mol. The Kier molecular flexibility index (Phi) is 3.19. The predicted octanol–water partition coefficient (Wildman–Crippen LogP) is 0.931. The number of hydrogen-bond donors (Lipinski definition) is 1. The third-order valence-electron chi connectivity index (χ3n) is 1.43. The average molecular weight is 163 g/mol. The highest BCUT2D eigenvalue weighted by Crippen LogP contribution is 2.13. The minimum Gasteiger partial charge on any atom is -0.389 e. The van der Waals surface area contributed by atoms with E-state index >= 15 is 0 Å². The number of halogens is 1. The molecule has 0 radical (unpaired) electrons. The molecule has 0 heterocycles. The van der Waals surface area contributed by atoms with Gasteiger partial charge < -0.3 is 9.84 Å². The van der Waals surface area contributed by atoms with Gasteiger partial charge in [-0.05, 0) is 0 Å². The van der Waals surface area contributed by atoms with E-state index in [1.807, 2.05) is 6.08 Å². The highest BCUT2D eigenvalue weighted by atomic mass is 35.5. The standard InChI is InChI=1S/C7H11ClO2/c8-3-4-10-7-2-1-6(9)5-7/h1-2,6-7,9H,3-5H2/t6-,7-/m1/s1. The molecule has 3 heteroatoms. The third-order valence-corrected chi connectivity index (χ3v) is 1.59. The summed E-state index contributed by atoms with van der Waals surface area (Å²) >= 11 is 5.40. The summed E-state index contributed by atoms with van der Waals surface area (Å²) < 4.78 is 5.24. The van der Waals surface area contributed by atoms with Crippen LogP contribution in [0, 0.1) is 0 Å². The zero-order chi connectivity index (χ0) is 7.40. The van der Waals surface area contributed by atoms with E-state index in [0.29, 0.717) is 18.9 Å². The van der Waals surface area contributed by atoms with Crippen molar-refractivity contribution in [2.45, 2.75) is 18.6 Å². The Balaban J connectivity index is 2.14. The molecule has 1 rings (SSSR count). The topological polar surface area (TPSA) is 29.5 Å². The van der Waals surface area contributed by atoms with E-state index in [1.54, 1.807) is 6.08 Å². The molecule has 0 amide bonds. The molecule has 0 fully saturated rings. The van der Waals surface area contributed by atoms with Gasteiger partial charge in [0.1, 0.15) is 0 Å². The summed E-state index contributed by atoms with van der Waals surface area (Å²) in [6.45, 7) is 0.559. The molecular weight excluding hydrogens is 152 g/mol. The van der Waals surface area contributed by atoms with Gasteiger partial charge in [-0.2, -0.15) is 0 Å². The van der Waals surface area contributed by atoms with E-state index in [1.165, 1.54) is 0 Å². The second-order valence-electron chi connectivity index (χ2n) is 2.29. The van der Waals surface area contributed by atoms with Crippen molar-refractivity contribution >= 4 is 11.6 Å². The van der Waals surface area contributed by atoms with Crippen LogP contribution in [0.2, 0.25) is 0 Å². The molecule has 0 bridgehead atoms. The van der Waals surface area contributed by atoms with E-state index in [4.69, 9.17) is 21.4 Å². The molecular formula is C7H11ClO2. The number of rotatable bonds is 3. The molecule has 1 aliphatic carbocycles. The van der Waals surface area contributed by atoms with Crippen LogP contribution < -0.4 is 0 Å². The van der Waals surface area contributed by atoms with Crippen LogP contribution in [-0.2, 0) is 4.74 Å². The fourth-order valence-corrected chi connectivity index (χ4v) is 1.06. The fourth-order valence-electron chi connectivity index (χ4n) is 0.967. The highest BCUT2D eigenvalue weighted by molar-refractivity contribution is 6.17. The van der Waals surface area contributed by atoms with Gasteiger partial charge in [-0.1, -0.05) is 12.2 Å². The van der Waals surface area contributed by atoms with Gasteiger partial charge in [0.05, 0.1) is 18.8 Å². The average Bonchev–Trinajstić information content (AvgIpc) is 2.31. The molecule has 0 saturated carbocycles. The van der Waals surface area contributed by atoms with E-state index in [2.05, 4.69) is 0 Å². The molecule has 2 nitrogen and oxygen atoms in total. The van der Waals surface area contributed by atoms with Crippen molar-refractivity contribution in [1.82, 2.24) is 0 Å². The van der Waals surface area contributed by atoms with Gasteiger partial charge in [0.2, 0.25) is 0 Å². The molecule has 0 aromatic carbocycles. The van der Waals surface area contributed by atoms with Crippen LogP contribution in [0.3, 0.4) is 0 Å². The maximum Gasteiger partial charge on any atom is 0.0785 e. The second kappa shape index (κ2) is 3.96. The molecule has 1 aliphatic rings. The summed E-state index contributed by atoms with van der Waals surface area (Å²) in [6, 6.07) is 0. The zero-order valence-electron chi connectivity index (χ0n) is 5.66. The first-order chi connectivity index (χ1) is 4.83. The summed E-state index contributed by atoms with van der Waals surface area (Å²) in [4.78, 5) is 0. The Morgan fingerprint density at radius 2 is 2.40 bits per heavy atom. The number of ether oxygens (including phenoxy) is 1. The third kappa shape index (κ3) is 2.29. The van der Waals surface area contributed by atoms with Crippen LogP contribution in [0.4, 0.5) is 0 Å². The van der Waals surface area contributed by atoms with Crippen LogP contribution in [0.15, 0.2) is 12.2 Å². The summed E-state index contributed by atoms with van der Waals surface area (Å²) in [5, 5.41) is 9.00. The monoisotopic (exact) mass is 162 g/mol. The number of alkyl halides is 1. The van der Waals surface area contributed by atoms with Gasteiger partial charge in [0.15, 0.2) is 0 Å². The van der Waals surface area contributed by atoms with Crippen LogP contribution in [0.5, 0.6) is 0 Å². The van der Waals surface area contributed by atoms with Crippen molar-refractivity contribution in [2.24, 2.45) is 0 Å². The van der Waals surface area contributed by atoms with Crippen molar-refractivity contribution in [1.29, 1.82) is 0 Å². The molecule has 2 atom stereocenters. The summed E-state index contributed by atoms with van der Waals surface area (Å²) in [5.74, 6) is 0.514. The van der Waals surface area contributed by atoms with Crippen LogP contribution >= 0.6 is 11.6 Å². The van der Waals surface area contributed by atoms with E-state index in [0.717, 1.165) is 0 Å². The normalized spacial score (nSPS) is 31.4. The molecule has 10 heavy (non-hydrogen) atoms. The first kappa shape index (κ1) is 8.05. The maximum atomic E-state index is 9.00. The van der Waals surface area contributed by atoms with Gasteiger partial charge in [-0.15, -0.1) is 11.6 Å². The van der Waals surface area contributed by atoms with Crippen LogP contribution in [0.25, 0.3) is 0 Å². The lowest BCUT2D eigenvalue weighted by molar-refractivity contribution is 0.0740. The largest absolute Gasteiger partial charge is 0.389 e. The van der Waals surface area contributed by atoms with Crippen molar-refractivity contribution in [3.05, 3.63) is 12.2 Å². The number of hydrogen-bond acceptors (Lipinski definition) is 2. The number of aliphatic hydroxyl groups excluding tert-OH is 1. The first-order valence-corrected chi connectivity index (χ1v) is 3.90. The van der Waals surface area contributed by atoms with Gasteiger partial charge in [-0.25, -0.2) is 0 Å². The lowest BCUT2D eigenvalue weighted by Crippen LogP contribution is -2.12. The van der Waals surface area contributed by atoms with Crippen molar-refractivity contribution in [3.63, 3.8) is 0 Å². The van der Waals surface area contributed by atoms with Crippen molar-refractivity contribution in [3.8, 4) is 0 Å². The quantitative estimate of drug-likeness (QED) is 0.494. The van der Waals surface area contributed by atoms with Gasteiger partial charge >= 0.3 is 0 Å². The molecule has 58 valence electrons. The maximum absolute atomic E-state index is 9.00. The Hall–Kier alpha value is -0.0500. The molecule has 0 aromatic heterocycles. The van der Waals surface area contributed by atoms with Crippen LogP contribution in [-0.4, -0.2) is 29.8 Å². The van der Waals surface area contributed by atoms with Gasteiger partial charge in [-0.3, -0.25) is 0 Å². The minimum absolute atomic E-state index is 0.0775.